The second kappa shape index (κ2) is 4.75. The second-order valence-electron chi connectivity index (χ2n) is 6.39. The Morgan fingerprint density at radius 1 is 1.11 bits per heavy atom. The van der Waals surface area contributed by atoms with E-state index in [1.165, 1.54) is 0 Å². The number of hydrogen-bond acceptors (Lipinski definition) is 4. The molecule has 3 fully saturated rings. The Bertz CT molecular complexity index is 293. The summed E-state index contributed by atoms with van der Waals surface area (Å²) in [5.41, 5.74) is 0. The highest BCUT2D eigenvalue weighted by atomic mass is 16.7. The van der Waals surface area contributed by atoms with E-state index in [2.05, 4.69) is 18.7 Å². The Labute approximate surface area is 109 Å². The van der Waals surface area contributed by atoms with Crippen molar-refractivity contribution in [1.82, 2.24) is 4.90 Å². The largest absolute Gasteiger partial charge is 0.391 e. The van der Waals surface area contributed by atoms with Crippen LogP contribution in [0.4, 0.5) is 0 Å². The third-order valence-electron chi connectivity index (χ3n) is 5.08. The van der Waals surface area contributed by atoms with Crippen LogP contribution < -0.4 is 0 Å². The van der Waals surface area contributed by atoms with Crippen molar-refractivity contribution in [2.45, 2.75) is 51.0 Å². The monoisotopic (exact) mass is 255 g/mol. The van der Waals surface area contributed by atoms with Gasteiger partial charge in [0.05, 0.1) is 19.3 Å². The zero-order valence-corrected chi connectivity index (χ0v) is 11.5. The van der Waals surface area contributed by atoms with E-state index in [-0.39, 0.29) is 17.9 Å². The number of hydrogen-bond donors (Lipinski definition) is 1. The fraction of sp³-hybridized carbons (Fsp3) is 1.00. The Morgan fingerprint density at radius 3 is 2.33 bits per heavy atom. The summed E-state index contributed by atoms with van der Waals surface area (Å²) in [6.45, 7) is 8.21. The van der Waals surface area contributed by atoms with Crippen LogP contribution in [0.1, 0.15) is 33.1 Å². The van der Waals surface area contributed by atoms with Crippen molar-refractivity contribution in [2.24, 2.45) is 11.8 Å². The molecule has 2 saturated heterocycles. The lowest BCUT2D eigenvalue weighted by Gasteiger charge is -2.43. The summed E-state index contributed by atoms with van der Waals surface area (Å²) in [6.07, 6.45) is 2.24. The van der Waals surface area contributed by atoms with E-state index in [1.807, 2.05) is 0 Å². The number of likely N-dealkylation sites (tertiary alicyclic amines) is 1. The Balaban J connectivity index is 1.70. The average molecular weight is 255 g/mol. The molecule has 4 atom stereocenters. The molecular weight excluding hydrogens is 230 g/mol. The summed E-state index contributed by atoms with van der Waals surface area (Å²) in [5.74, 6) is 1.06. The minimum atomic E-state index is -0.390. The summed E-state index contributed by atoms with van der Waals surface area (Å²) in [5, 5.41) is 10.3. The summed E-state index contributed by atoms with van der Waals surface area (Å²) < 4.78 is 11.6. The predicted octanol–water partition coefficient (Wildman–Crippen LogP) is 1.23. The van der Waals surface area contributed by atoms with E-state index in [1.54, 1.807) is 0 Å². The highest BCUT2D eigenvalue weighted by Crippen LogP contribution is 2.39. The van der Waals surface area contributed by atoms with E-state index in [9.17, 15) is 5.11 Å². The van der Waals surface area contributed by atoms with Gasteiger partial charge in [0, 0.05) is 32.0 Å². The molecule has 0 aromatic carbocycles. The third kappa shape index (κ3) is 2.20. The van der Waals surface area contributed by atoms with E-state index < -0.39 is 0 Å². The molecule has 0 aromatic heterocycles. The van der Waals surface area contributed by atoms with Crippen molar-refractivity contribution < 1.29 is 14.6 Å². The van der Waals surface area contributed by atoms with Crippen molar-refractivity contribution in [3.63, 3.8) is 0 Å². The summed E-state index contributed by atoms with van der Waals surface area (Å²) in [7, 11) is 0. The molecule has 1 spiro atoms. The topological polar surface area (TPSA) is 41.9 Å². The summed E-state index contributed by atoms with van der Waals surface area (Å²) in [4.78, 5) is 2.45. The van der Waals surface area contributed by atoms with Crippen LogP contribution in [0.2, 0.25) is 0 Å². The number of aliphatic hydroxyl groups is 1. The Kier molecular flexibility index (Phi) is 3.39. The van der Waals surface area contributed by atoms with E-state index >= 15 is 0 Å². The van der Waals surface area contributed by atoms with Crippen LogP contribution in [-0.4, -0.2) is 54.2 Å². The van der Waals surface area contributed by atoms with Crippen LogP contribution in [0.25, 0.3) is 0 Å². The smallest absolute Gasteiger partial charge is 0.170 e. The molecule has 1 aliphatic carbocycles. The lowest BCUT2D eigenvalue weighted by Crippen LogP contribution is -2.52. The molecule has 2 heterocycles. The van der Waals surface area contributed by atoms with Crippen LogP contribution in [0, 0.1) is 11.8 Å². The number of aliphatic hydroxyl groups excluding tert-OH is 1. The van der Waals surface area contributed by atoms with Gasteiger partial charge in [-0.25, -0.2) is 0 Å². The van der Waals surface area contributed by atoms with Gasteiger partial charge in [0.25, 0.3) is 0 Å². The maximum absolute atomic E-state index is 10.3. The van der Waals surface area contributed by atoms with Crippen molar-refractivity contribution >= 4 is 0 Å². The molecule has 104 valence electrons. The molecule has 3 rings (SSSR count). The molecule has 4 heteroatoms. The van der Waals surface area contributed by atoms with Gasteiger partial charge in [-0.3, -0.25) is 4.90 Å². The van der Waals surface area contributed by atoms with E-state index in [0.717, 1.165) is 44.2 Å². The Morgan fingerprint density at radius 2 is 1.72 bits per heavy atom. The molecule has 1 saturated carbocycles. The normalized spacial score (nSPS) is 44.8. The maximum Gasteiger partial charge on any atom is 0.170 e. The average Bonchev–Trinajstić information content (AvgIpc) is 2.92. The standard InChI is InChI=1S/C14H25NO3/c1-10-8-15(9-11(10)2)12-7-14(4-3-13(12)16)17-5-6-18-14/h10-13,16H,3-9H2,1-2H3. The molecule has 18 heavy (non-hydrogen) atoms. The first-order valence-electron chi connectivity index (χ1n) is 7.30. The number of rotatable bonds is 1. The number of nitrogens with zero attached hydrogens (tertiary/aromatic N) is 1. The third-order valence-corrected chi connectivity index (χ3v) is 5.08. The lowest BCUT2D eigenvalue weighted by molar-refractivity contribution is -0.204. The van der Waals surface area contributed by atoms with Crippen LogP contribution in [0.3, 0.4) is 0 Å². The van der Waals surface area contributed by atoms with Crippen LogP contribution in [0.15, 0.2) is 0 Å². The first-order chi connectivity index (χ1) is 8.60. The summed E-state index contributed by atoms with van der Waals surface area (Å²) >= 11 is 0. The zero-order valence-electron chi connectivity index (χ0n) is 11.5. The minimum Gasteiger partial charge on any atom is -0.391 e. The van der Waals surface area contributed by atoms with Crippen molar-refractivity contribution in [3.05, 3.63) is 0 Å². The molecule has 4 unspecified atom stereocenters. The highest BCUT2D eigenvalue weighted by molar-refractivity contribution is 4.96. The summed E-state index contributed by atoms with van der Waals surface area (Å²) in [6, 6.07) is 0.212. The minimum absolute atomic E-state index is 0.212. The zero-order chi connectivity index (χ0) is 12.8. The fourth-order valence-corrected chi connectivity index (χ4v) is 3.69. The van der Waals surface area contributed by atoms with Gasteiger partial charge in [-0.2, -0.15) is 0 Å². The Hall–Kier alpha value is -0.160. The molecule has 0 radical (unpaired) electrons. The van der Waals surface area contributed by atoms with Gasteiger partial charge in [0.1, 0.15) is 0 Å². The van der Waals surface area contributed by atoms with Gasteiger partial charge in [0.2, 0.25) is 0 Å². The first kappa shape index (κ1) is 12.9. The van der Waals surface area contributed by atoms with Gasteiger partial charge in [-0.05, 0) is 18.3 Å². The highest BCUT2D eigenvalue weighted by Gasteiger charge is 2.47. The maximum atomic E-state index is 10.3. The van der Waals surface area contributed by atoms with Gasteiger partial charge in [0.15, 0.2) is 5.79 Å². The molecular formula is C14H25NO3. The predicted molar refractivity (Wildman–Crippen MR) is 68.2 cm³/mol. The molecule has 1 N–H and O–H groups in total. The van der Waals surface area contributed by atoms with Crippen LogP contribution >= 0.6 is 0 Å². The van der Waals surface area contributed by atoms with E-state index in [4.69, 9.17) is 9.47 Å². The fourth-order valence-electron chi connectivity index (χ4n) is 3.69. The molecule has 3 aliphatic rings. The van der Waals surface area contributed by atoms with Crippen molar-refractivity contribution in [3.8, 4) is 0 Å². The SMILES string of the molecule is CC1CN(C2CC3(CCC2O)OCCO3)CC1C. The van der Waals surface area contributed by atoms with E-state index in [0.29, 0.717) is 13.2 Å². The quantitative estimate of drug-likeness (QED) is 0.765. The van der Waals surface area contributed by atoms with Crippen LogP contribution in [0.5, 0.6) is 0 Å². The number of ether oxygens (including phenoxy) is 2. The van der Waals surface area contributed by atoms with Gasteiger partial charge < -0.3 is 14.6 Å². The molecule has 0 aromatic rings. The molecule has 0 bridgehead atoms. The van der Waals surface area contributed by atoms with Crippen LogP contribution in [-0.2, 0) is 9.47 Å². The van der Waals surface area contributed by atoms with Gasteiger partial charge in [-0.1, -0.05) is 13.8 Å². The van der Waals surface area contributed by atoms with Gasteiger partial charge >= 0.3 is 0 Å². The van der Waals surface area contributed by atoms with Crippen molar-refractivity contribution in [1.29, 1.82) is 0 Å². The molecule has 0 amide bonds. The van der Waals surface area contributed by atoms with Gasteiger partial charge in [-0.15, -0.1) is 0 Å². The lowest BCUT2D eigenvalue weighted by atomic mass is 9.86. The second-order valence-corrected chi connectivity index (χ2v) is 6.39. The molecule has 2 aliphatic heterocycles. The van der Waals surface area contributed by atoms with Crippen molar-refractivity contribution in [2.75, 3.05) is 26.3 Å². The first-order valence-corrected chi connectivity index (χ1v) is 7.30. The molecule has 4 nitrogen and oxygen atoms in total.